The van der Waals surface area contributed by atoms with E-state index in [4.69, 9.17) is 4.74 Å². The number of hydrogen-bond donors (Lipinski definition) is 2. The van der Waals surface area contributed by atoms with Crippen molar-refractivity contribution in [3.63, 3.8) is 0 Å². The second kappa shape index (κ2) is 9.06. The number of aromatic nitrogens is 1. The molecule has 0 bridgehead atoms. The third-order valence-corrected chi connectivity index (χ3v) is 3.55. The first-order valence-electron chi connectivity index (χ1n) is 8.72. The summed E-state index contributed by atoms with van der Waals surface area (Å²) in [7, 11) is 0. The number of ether oxygens (including phenoxy) is 1. The number of pyridine rings is 1. The molecule has 1 amide bonds. The lowest BCUT2D eigenvalue weighted by Gasteiger charge is -2.14. The van der Waals surface area contributed by atoms with Crippen LogP contribution in [0.3, 0.4) is 0 Å². The van der Waals surface area contributed by atoms with E-state index in [-0.39, 0.29) is 12.0 Å². The zero-order valence-electron chi connectivity index (χ0n) is 15.4. The fraction of sp³-hybridized carbons (Fsp3) is 0.400. The number of carbonyl (C=O) groups excluding carboxylic acids is 1. The molecule has 0 saturated carbocycles. The molecule has 0 aliphatic heterocycles. The Hall–Kier alpha value is -2.56. The van der Waals surface area contributed by atoms with Crippen molar-refractivity contribution in [3.05, 3.63) is 48.2 Å². The molecule has 2 aromatic rings. The zero-order chi connectivity index (χ0) is 18.2. The molecule has 0 aliphatic carbocycles. The van der Waals surface area contributed by atoms with Crippen molar-refractivity contribution in [1.82, 2.24) is 4.98 Å². The summed E-state index contributed by atoms with van der Waals surface area (Å²) in [4.78, 5) is 16.7. The van der Waals surface area contributed by atoms with Gasteiger partial charge in [0.15, 0.2) is 0 Å². The monoisotopic (exact) mass is 341 g/mol. The normalized spacial score (nSPS) is 10.8. The highest BCUT2D eigenvalue weighted by Gasteiger charge is 2.11. The average Bonchev–Trinajstić information content (AvgIpc) is 2.56. The molecule has 5 heteroatoms. The summed E-state index contributed by atoms with van der Waals surface area (Å²) in [6.45, 7) is 9.14. The highest BCUT2D eigenvalue weighted by atomic mass is 16.5. The van der Waals surface area contributed by atoms with Gasteiger partial charge in [0.2, 0.25) is 0 Å². The number of nitrogens with one attached hydrogen (secondary N) is 2. The maximum atomic E-state index is 12.4. The largest absolute Gasteiger partial charge is 0.489 e. The molecule has 0 unspecified atom stereocenters. The van der Waals surface area contributed by atoms with Gasteiger partial charge in [0.05, 0.1) is 17.4 Å². The number of benzene rings is 1. The molecule has 0 aliphatic rings. The first-order valence-corrected chi connectivity index (χ1v) is 8.72. The summed E-state index contributed by atoms with van der Waals surface area (Å²) in [5.74, 6) is 1.87. The van der Waals surface area contributed by atoms with Crippen molar-refractivity contribution in [3.8, 4) is 5.75 Å². The summed E-state index contributed by atoms with van der Waals surface area (Å²) in [5, 5.41) is 6.15. The smallest absolute Gasteiger partial charge is 0.257 e. The van der Waals surface area contributed by atoms with Gasteiger partial charge in [-0.25, -0.2) is 4.98 Å². The lowest BCUT2D eigenvalue weighted by Crippen LogP contribution is -2.15. The van der Waals surface area contributed by atoms with Crippen molar-refractivity contribution in [2.45, 2.75) is 40.2 Å². The van der Waals surface area contributed by atoms with Crippen LogP contribution >= 0.6 is 0 Å². The lowest BCUT2D eigenvalue weighted by molar-refractivity contribution is 0.102. The van der Waals surface area contributed by atoms with Crippen LogP contribution in [0.4, 0.5) is 11.5 Å². The van der Waals surface area contributed by atoms with Crippen molar-refractivity contribution >= 4 is 17.4 Å². The third-order valence-electron chi connectivity index (χ3n) is 3.55. The number of nitrogens with zero attached hydrogens (tertiary/aromatic N) is 1. The van der Waals surface area contributed by atoms with Gasteiger partial charge in [-0.3, -0.25) is 4.79 Å². The molecule has 2 rings (SSSR count). The molecule has 1 aromatic carbocycles. The minimum absolute atomic E-state index is 0.0379. The molecule has 0 fully saturated rings. The molecule has 0 radical (unpaired) electrons. The first-order chi connectivity index (χ1) is 12.0. The van der Waals surface area contributed by atoms with Gasteiger partial charge in [0.25, 0.3) is 5.91 Å². The van der Waals surface area contributed by atoms with Crippen LogP contribution < -0.4 is 15.4 Å². The quantitative estimate of drug-likeness (QED) is 0.738. The average molecular weight is 341 g/mol. The number of carbonyl (C=O) groups is 1. The van der Waals surface area contributed by atoms with Gasteiger partial charge in [0, 0.05) is 12.7 Å². The fourth-order valence-electron chi connectivity index (χ4n) is 2.24. The second-order valence-electron chi connectivity index (χ2n) is 6.66. The topological polar surface area (TPSA) is 63.2 Å². The lowest BCUT2D eigenvalue weighted by atomic mass is 10.1. The molecule has 0 saturated heterocycles. The number of anilines is 2. The summed E-state index contributed by atoms with van der Waals surface area (Å²) < 4.78 is 5.72. The Morgan fingerprint density at radius 1 is 1.12 bits per heavy atom. The molecule has 1 heterocycles. The van der Waals surface area contributed by atoms with Crippen molar-refractivity contribution < 1.29 is 9.53 Å². The number of hydrogen-bond acceptors (Lipinski definition) is 4. The fourth-order valence-corrected chi connectivity index (χ4v) is 2.24. The maximum absolute atomic E-state index is 12.4. The number of amides is 1. The Morgan fingerprint density at radius 2 is 1.88 bits per heavy atom. The minimum Gasteiger partial charge on any atom is -0.489 e. The summed E-state index contributed by atoms with van der Waals surface area (Å²) in [6, 6.07) is 11.0. The Kier molecular flexibility index (Phi) is 6.81. The molecular formula is C20H27N3O2. The van der Waals surface area contributed by atoms with Crippen LogP contribution in [-0.4, -0.2) is 23.5 Å². The van der Waals surface area contributed by atoms with Gasteiger partial charge in [-0.1, -0.05) is 26.0 Å². The minimum atomic E-state index is -0.207. The van der Waals surface area contributed by atoms with Crippen LogP contribution in [0, 0.1) is 5.92 Å². The van der Waals surface area contributed by atoms with Crippen molar-refractivity contribution in [2.24, 2.45) is 5.92 Å². The highest BCUT2D eigenvalue weighted by molar-refractivity contribution is 6.04. The van der Waals surface area contributed by atoms with Crippen LogP contribution in [0.25, 0.3) is 0 Å². The van der Waals surface area contributed by atoms with Crippen molar-refractivity contribution in [2.75, 3.05) is 17.2 Å². The van der Waals surface area contributed by atoms with E-state index in [9.17, 15) is 4.79 Å². The molecule has 25 heavy (non-hydrogen) atoms. The van der Waals surface area contributed by atoms with Crippen LogP contribution in [-0.2, 0) is 0 Å². The zero-order valence-corrected chi connectivity index (χ0v) is 15.4. The third kappa shape index (κ3) is 6.10. The summed E-state index contributed by atoms with van der Waals surface area (Å²) in [6.07, 6.45) is 2.70. The van der Waals surface area contributed by atoms with E-state index >= 15 is 0 Å². The first kappa shape index (κ1) is 18.8. The van der Waals surface area contributed by atoms with E-state index in [2.05, 4.69) is 29.5 Å². The van der Waals surface area contributed by atoms with E-state index in [1.807, 2.05) is 44.2 Å². The van der Waals surface area contributed by atoms with E-state index in [1.54, 1.807) is 12.3 Å². The summed E-state index contributed by atoms with van der Waals surface area (Å²) >= 11 is 0. The number of rotatable bonds is 8. The second-order valence-corrected chi connectivity index (χ2v) is 6.66. The Morgan fingerprint density at radius 3 is 2.52 bits per heavy atom. The van der Waals surface area contributed by atoms with Crippen LogP contribution in [0.1, 0.15) is 44.5 Å². The maximum Gasteiger partial charge on any atom is 0.257 e. The Labute approximate surface area is 149 Å². The molecule has 2 N–H and O–H groups in total. The van der Waals surface area contributed by atoms with E-state index < -0.39 is 0 Å². The van der Waals surface area contributed by atoms with Gasteiger partial charge < -0.3 is 15.4 Å². The predicted octanol–water partition coefficient (Wildman–Crippen LogP) is 4.58. The molecule has 0 atom stereocenters. The SMILES string of the molecule is CC(C)CCNc1ccc(C(=O)Nc2ccccc2OC(C)C)cn1. The summed E-state index contributed by atoms with van der Waals surface area (Å²) in [5.41, 5.74) is 1.16. The van der Waals surface area contributed by atoms with Crippen LogP contribution in [0.15, 0.2) is 42.6 Å². The molecular weight excluding hydrogens is 314 g/mol. The van der Waals surface area contributed by atoms with Crippen molar-refractivity contribution in [1.29, 1.82) is 0 Å². The predicted molar refractivity (Wildman–Crippen MR) is 102 cm³/mol. The van der Waals surface area contributed by atoms with E-state index in [1.165, 1.54) is 0 Å². The molecule has 134 valence electrons. The Balaban J connectivity index is 1.99. The van der Waals surface area contributed by atoms with E-state index in [0.717, 1.165) is 18.8 Å². The van der Waals surface area contributed by atoms with Crippen LogP contribution in [0.5, 0.6) is 5.75 Å². The van der Waals surface area contributed by atoms with Gasteiger partial charge in [-0.15, -0.1) is 0 Å². The molecule has 1 aromatic heterocycles. The standard InChI is InChI=1S/C20H27N3O2/c1-14(2)11-12-21-19-10-9-16(13-22-19)20(24)23-17-7-5-6-8-18(17)25-15(3)4/h5-10,13-15H,11-12H2,1-4H3,(H,21,22)(H,23,24). The van der Waals surface area contributed by atoms with Gasteiger partial charge in [0.1, 0.15) is 11.6 Å². The number of para-hydroxylation sites is 2. The van der Waals surface area contributed by atoms with Crippen LogP contribution in [0.2, 0.25) is 0 Å². The molecule has 5 nitrogen and oxygen atoms in total. The molecule has 0 spiro atoms. The Bertz CT molecular complexity index is 682. The van der Waals surface area contributed by atoms with Gasteiger partial charge in [-0.2, -0.15) is 0 Å². The van der Waals surface area contributed by atoms with Gasteiger partial charge >= 0.3 is 0 Å². The highest BCUT2D eigenvalue weighted by Crippen LogP contribution is 2.25. The van der Waals surface area contributed by atoms with E-state index in [0.29, 0.717) is 22.9 Å². The van der Waals surface area contributed by atoms with Gasteiger partial charge in [-0.05, 0) is 50.5 Å².